The smallest absolute Gasteiger partial charge is 0.251 e. The van der Waals surface area contributed by atoms with Gasteiger partial charge in [0.1, 0.15) is 0 Å². The predicted molar refractivity (Wildman–Crippen MR) is 91.3 cm³/mol. The number of aryl methyl sites for hydroxylation is 1. The molecule has 0 spiro atoms. The van der Waals surface area contributed by atoms with Crippen molar-refractivity contribution >= 4 is 11.8 Å². The molecule has 0 saturated carbocycles. The third-order valence-corrected chi connectivity index (χ3v) is 4.31. The molecule has 1 fully saturated rings. The zero-order valence-electron chi connectivity index (χ0n) is 14.2. The van der Waals surface area contributed by atoms with E-state index in [0.29, 0.717) is 12.1 Å². The van der Waals surface area contributed by atoms with E-state index in [0.717, 1.165) is 24.9 Å². The van der Waals surface area contributed by atoms with Gasteiger partial charge in [-0.05, 0) is 44.4 Å². The second-order valence-corrected chi connectivity index (χ2v) is 6.58. The lowest BCUT2D eigenvalue weighted by Crippen LogP contribution is -2.49. The van der Waals surface area contributed by atoms with Crippen LogP contribution in [0, 0.1) is 12.8 Å². The first-order valence-electron chi connectivity index (χ1n) is 8.36. The quantitative estimate of drug-likeness (QED) is 0.747. The topological polar surface area (TPSA) is 70.2 Å². The van der Waals surface area contributed by atoms with Gasteiger partial charge in [-0.25, -0.2) is 0 Å². The molecule has 2 amide bonds. The van der Waals surface area contributed by atoms with Crippen molar-refractivity contribution in [3.05, 3.63) is 35.4 Å². The Morgan fingerprint density at radius 2 is 1.96 bits per heavy atom. The normalized spacial score (nSPS) is 18.7. The summed E-state index contributed by atoms with van der Waals surface area (Å²) >= 11 is 0. The molecule has 0 radical (unpaired) electrons. The SMILES string of the molecule is Cc1ccc(C(=O)N[C@@H](CNC(=O)[C@@H]2CCCN2)C(C)C)cc1. The van der Waals surface area contributed by atoms with E-state index < -0.39 is 0 Å². The molecule has 3 N–H and O–H groups in total. The van der Waals surface area contributed by atoms with Crippen LogP contribution < -0.4 is 16.0 Å². The van der Waals surface area contributed by atoms with Crippen LogP contribution in [0.25, 0.3) is 0 Å². The number of amides is 2. The molecule has 0 aromatic heterocycles. The van der Waals surface area contributed by atoms with Crippen LogP contribution >= 0.6 is 0 Å². The second-order valence-electron chi connectivity index (χ2n) is 6.58. The Bertz CT molecular complexity index is 534. The highest BCUT2D eigenvalue weighted by Gasteiger charge is 2.24. The average Bonchev–Trinajstić information content (AvgIpc) is 3.05. The highest BCUT2D eigenvalue weighted by atomic mass is 16.2. The summed E-state index contributed by atoms with van der Waals surface area (Å²) in [5.41, 5.74) is 1.77. The van der Waals surface area contributed by atoms with Crippen molar-refractivity contribution in [1.29, 1.82) is 0 Å². The largest absolute Gasteiger partial charge is 0.353 e. The first-order valence-corrected chi connectivity index (χ1v) is 8.36. The third-order valence-electron chi connectivity index (χ3n) is 4.31. The van der Waals surface area contributed by atoms with Gasteiger partial charge in [-0.1, -0.05) is 31.5 Å². The number of carbonyl (C=O) groups is 2. The zero-order valence-corrected chi connectivity index (χ0v) is 14.2. The van der Waals surface area contributed by atoms with E-state index >= 15 is 0 Å². The Balaban J connectivity index is 1.89. The van der Waals surface area contributed by atoms with Crippen LogP contribution in [0.2, 0.25) is 0 Å². The lowest BCUT2D eigenvalue weighted by atomic mass is 10.0. The average molecular weight is 317 g/mol. The van der Waals surface area contributed by atoms with Gasteiger partial charge < -0.3 is 16.0 Å². The van der Waals surface area contributed by atoms with Crippen molar-refractivity contribution < 1.29 is 9.59 Å². The lowest BCUT2D eigenvalue weighted by molar-refractivity contribution is -0.122. The van der Waals surface area contributed by atoms with Crippen LogP contribution in [0.3, 0.4) is 0 Å². The van der Waals surface area contributed by atoms with Crippen LogP contribution in [0.15, 0.2) is 24.3 Å². The van der Waals surface area contributed by atoms with Crippen molar-refractivity contribution in [3.8, 4) is 0 Å². The number of carbonyl (C=O) groups excluding carboxylic acids is 2. The minimum Gasteiger partial charge on any atom is -0.353 e. The molecule has 1 aliphatic rings. The van der Waals surface area contributed by atoms with Gasteiger partial charge in [-0.3, -0.25) is 9.59 Å². The monoisotopic (exact) mass is 317 g/mol. The Kier molecular flexibility index (Phi) is 6.16. The molecule has 2 rings (SSSR count). The molecule has 1 aromatic carbocycles. The third kappa shape index (κ3) is 5.06. The molecule has 0 unspecified atom stereocenters. The first-order chi connectivity index (χ1) is 11.0. The number of nitrogens with one attached hydrogen (secondary N) is 3. The van der Waals surface area contributed by atoms with Crippen molar-refractivity contribution in [2.75, 3.05) is 13.1 Å². The van der Waals surface area contributed by atoms with Gasteiger partial charge in [0.25, 0.3) is 5.91 Å². The molecule has 0 aliphatic carbocycles. The molecule has 1 aliphatic heterocycles. The van der Waals surface area contributed by atoms with Gasteiger partial charge in [0, 0.05) is 18.2 Å². The van der Waals surface area contributed by atoms with Gasteiger partial charge >= 0.3 is 0 Å². The number of hydrogen-bond acceptors (Lipinski definition) is 3. The molecular formula is C18H27N3O2. The van der Waals surface area contributed by atoms with E-state index in [1.165, 1.54) is 0 Å². The van der Waals surface area contributed by atoms with Gasteiger partial charge in [-0.2, -0.15) is 0 Å². The highest BCUT2D eigenvalue weighted by molar-refractivity contribution is 5.94. The summed E-state index contributed by atoms with van der Waals surface area (Å²) in [7, 11) is 0. The van der Waals surface area contributed by atoms with Crippen LogP contribution in [0.5, 0.6) is 0 Å². The Labute approximate surface area is 138 Å². The van der Waals surface area contributed by atoms with Crippen molar-refractivity contribution in [1.82, 2.24) is 16.0 Å². The molecule has 0 bridgehead atoms. The van der Waals surface area contributed by atoms with E-state index in [4.69, 9.17) is 0 Å². The molecule has 126 valence electrons. The highest BCUT2D eigenvalue weighted by Crippen LogP contribution is 2.08. The Hall–Kier alpha value is -1.88. The summed E-state index contributed by atoms with van der Waals surface area (Å²) in [6, 6.07) is 7.32. The summed E-state index contributed by atoms with van der Waals surface area (Å²) < 4.78 is 0. The fraction of sp³-hybridized carbons (Fsp3) is 0.556. The first kappa shape index (κ1) is 17.5. The summed E-state index contributed by atoms with van der Waals surface area (Å²) in [5.74, 6) is 0.163. The summed E-state index contributed by atoms with van der Waals surface area (Å²) in [6.45, 7) is 7.42. The van der Waals surface area contributed by atoms with Gasteiger partial charge in [0.2, 0.25) is 5.91 Å². The van der Waals surface area contributed by atoms with Crippen LogP contribution in [-0.2, 0) is 4.79 Å². The molecule has 5 nitrogen and oxygen atoms in total. The predicted octanol–water partition coefficient (Wildman–Crippen LogP) is 1.62. The molecule has 23 heavy (non-hydrogen) atoms. The standard InChI is InChI=1S/C18H27N3O2/c1-12(2)16(11-20-18(23)15-5-4-10-19-15)21-17(22)14-8-6-13(3)7-9-14/h6-9,12,15-16,19H,4-5,10-11H2,1-3H3,(H,20,23)(H,21,22)/t15-,16-/m0/s1. The zero-order chi connectivity index (χ0) is 16.8. The summed E-state index contributed by atoms with van der Waals surface area (Å²) in [4.78, 5) is 24.4. The molecule has 1 heterocycles. The second kappa shape index (κ2) is 8.11. The minimum absolute atomic E-state index is 0.0257. The van der Waals surface area contributed by atoms with Gasteiger partial charge in [-0.15, -0.1) is 0 Å². The summed E-state index contributed by atoms with van der Waals surface area (Å²) in [6.07, 6.45) is 1.92. The number of benzene rings is 1. The van der Waals surface area contributed by atoms with Crippen LogP contribution in [0.4, 0.5) is 0 Å². The maximum Gasteiger partial charge on any atom is 0.251 e. The number of hydrogen-bond donors (Lipinski definition) is 3. The minimum atomic E-state index is -0.100. The van der Waals surface area contributed by atoms with Crippen molar-refractivity contribution in [2.24, 2.45) is 5.92 Å². The van der Waals surface area contributed by atoms with Gasteiger partial charge in [0.15, 0.2) is 0 Å². The fourth-order valence-electron chi connectivity index (χ4n) is 2.65. The van der Waals surface area contributed by atoms with E-state index in [1.54, 1.807) is 0 Å². The fourth-order valence-corrected chi connectivity index (χ4v) is 2.65. The number of rotatable bonds is 6. The van der Waals surface area contributed by atoms with E-state index in [9.17, 15) is 9.59 Å². The van der Waals surface area contributed by atoms with E-state index in [1.807, 2.05) is 45.0 Å². The van der Waals surface area contributed by atoms with Gasteiger partial charge in [0.05, 0.1) is 6.04 Å². The van der Waals surface area contributed by atoms with E-state index in [2.05, 4.69) is 16.0 Å². The molecule has 1 saturated heterocycles. The summed E-state index contributed by atoms with van der Waals surface area (Å²) in [5, 5.41) is 9.16. The van der Waals surface area contributed by atoms with E-state index in [-0.39, 0.29) is 29.8 Å². The maximum atomic E-state index is 12.3. The maximum absolute atomic E-state index is 12.3. The molecule has 5 heteroatoms. The molecule has 2 atom stereocenters. The van der Waals surface area contributed by atoms with Crippen LogP contribution in [-0.4, -0.2) is 37.0 Å². The molecular weight excluding hydrogens is 290 g/mol. The lowest BCUT2D eigenvalue weighted by Gasteiger charge is -2.23. The Morgan fingerprint density at radius 3 is 2.52 bits per heavy atom. The van der Waals surface area contributed by atoms with Crippen molar-refractivity contribution in [3.63, 3.8) is 0 Å². The molecule has 1 aromatic rings. The van der Waals surface area contributed by atoms with Crippen molar-refractivity contribution in [2.45, 2.75) is 45.7 Å². The van der Waals surface area contributed by atoms with Crippen LogP contribution in [0.1, 0.15) is 42.6 Å². The Morgan fingerprint density at radius 1 is 1.26 bits per heavy atom.